The van der Waals surface area contributed by atoms with Crippen LogP contribution in [-0.4, -0.2) is 72.7 Å². The van der Waals surface area contributed by atoms with Crippen molar-refractivity contribution < 1.29 is 47.5 Å². The number of hydrogen-bond acceptors (Lipinski definition) is 10. The summed E-state index contributed by atoms with van der Waals surface area (Å²) in [7, 11) is 7.02. The van der Waals surface area contributed by atoms with Crippen LogP contribution in [-0.2, 0) is 25.6 Å². The van der Waals surface area contributed by atoms with Crippen LogP contribution in [0.15, 0.2) is 30.3 Å². The van der Waals surface area contributed by atoms with Crippen LogP contribution < -0.4 is 24.3 Å². The van der Waals surface area contributed by atoms with E-state index in [0.29, 0.717) is 23.7 Å². The Morgan fingerprint density at radius 2 is 1.45 bits per heavy atom. The Morgan fingerprint density at radius 1 is 0.789 bits per heavy atom. The molecule has 2 aromatic carbocycles. The monoisotopic (exact) mass is 533 g/mol. The number of ether oxygens (including phenoxy) is 7. The fourth-order valence-corrected chi connectivity index (χ4v) is 3.45. The van der Waals surface area contributed by atoms with Crippen molar-refractivity contribution in [1.82, 2.24) is 5.32 Å². The van der Waals surface area contributed by atoms with Gasteiger partial charge in [0.1, 0.15) is 6.61 Å². The van der Waals surface area contributed by atoms with Crippen LogP contribution in [0.2, 0.25) is 0 Å². The number of carbonyl (C=O) groups excluding carboxylic acids is 3. The smallest absolute Gasteiger partial charge is 0.338 e. The molecule has 0 aromatic heterocycles. The van der Waals surface area contributed by atoms with Crippen LogP contribution in [0.5, 0.6) is 23.0 Å². The number of hydrogen-bond donors (Lipinski definition) is 1. The highest BCUT2D eigenvalue weighted by Gasteiger charge is 2.25. The minimum Gasteiger partial charge on any atom is -0.493 e. The lowest BCUT2D eigenvalue weighted by molar-refractivity contribution is -0.144. The number of esters is 2. The topological polar surface area (TPSA) is 128 Å². The largest absolute Gasteiger partial charge is 0.493 e. The molecule has 2 rings (SSSR count). The summed E-state index contributed by atoms with van der Waals surface area (Å²) >= 11 is 0. The van der Waals surface area contributed by atoms with Crippen LogP contribution >= 0.6 is 0 Å². The molecule has 0 unspecified atom stereocenters. The number of methoxy groups -OCH3 is 5. The number of benzene rings is 2. The van der Waals surface area contributed by atoms with Crippen molar-refractivity contribution in [3.63, 3.8) is 0 Å². The molecule has 0 spiro atoms. The summed E-state index contributed by atoms with van der Waals surface area (Å²) in [6.07, 6.45) is 0. The fourth-order valence-electron chi connectivity index (χ4n) is 3.45. The lowest BCUT2D eigenvalue weighted by Gasteiger charge is -2.19. The van der Waals surface area contributed by atoms with Crippen molar-refractivity contribution in [2.24, 2.45) is 5.92 Å². The quantitative estimate of drug-likeness (QED) is 0.362. The fraction of sp³-hybridized carbons (Fsp3) is 0.444. The molecule has 0 fully saturated rings. The van der Waals surface area contributed by atoms with Gasteiger partial charge < -0.3 is 38.5 Å². The molecular formula is C27H35NO10. The van der Waals surface area contributed by atoms with E-state index in [4.69, 9.17) is 33.2 Å². The van der Waals surface area contributed by atoms with Crippen LogP contribution in [0.3, 0.4) is 0 Å². The van der Waals surface area contributed by atoms with Crippen LogP contribution in [0.25, 0.3) is 0 Å². The molecule has 0 aliphatic carbocycles. The Bertz CT molecular complexity index is 1120. The highest BCUT2D eigenvalue weighted by atomic mass is 16.5. The van der Waals surface area contributed by atoms with Gasteiger partial charge in [0.05, 0.1) is 47.7 Å². The molecule has 1 amide bonds. The molecule has 38 heavy (non-hydrogen) atoms. The van der Waals surface area contributed by atoms with Crippen LogP contribution in [0.4, 0.5) is 0 Å². The highest BCUT2D eigenvalue weighted by molar-refractivity contribution is 5.97. The van der Waals surface area contributed by atoms with Crippen molar-refractivity contribution in [2.45, 2.75) is 26.5 Å². The third-order valence-corrected chi connectivity index (χ3v) is 5.32. The Hall–Kier alpha value is -3.99. The van der Waals surface area contributed by atoms with E-state index in [1.54, 1.807) is 12.1 Å². The van der Waals surface area contributed by atoms with Gasteiger partial charge >= 0.3 is 11.9 Å². The molecule has 0 aliphatic heterocycles. The lowest BCUT2D eigenvalue weighted by atomic mass is 10.1. The van der Waals surface area contributed by atoms with Gasteiger partial charge in [-0.05, 0) is 36.2 Å². The first-order valence-corrected chi connectivity index (χ1v) is 11.8. The minimum absolute atomic E-state index is 0.0559. The number of carbonyl (C=O) groups is 3. The zero-order valence-corrected chi connectivity index (χ0v) is 22.7. The number of rotatable bonds is 14. The first kappa shape index (κ1) is 30.2. The number of amides is 1. The molecule has 0 radical (unpaired) electrons. The predicted octanol–water partition coefficient (Wildman–Crippen LogP) is 3.02. The minimum atomic E-state index is -1.02. The standard InChI is InChI=1S/C27H35NO10/c1-16(2)13-37-15-20(27(31)36-7)28-25(29)18-10-19(24(35-6)23(12-18)34-5)14-38-26(30)17-8-9-21(32-3)22(11-17)33-4/h8-12,16,20H,13-15H2,1-7H3,(H,28,29)/t20-/m0/s1. The highest BCUT2D eigenvalue weighted by Crippen LogP contribution is 2.34. The normalized spacial score (nSPS) is 11.4. The first-order valence-electron chi connectivity index (χ1n) is 11.8. The van der Waals surface area contributed by atoms with E-state index >= 15 is 0 Å². The van der Waals surface area contributed by atoms with Crippen LogP contribution in [0, 0.1) is 5.92 Å². The van der Waals surface area contributed by atoms with Crippen molar-refractivity contribution in [3.05, 3.63) is 47.0 Å². The van der Waals surface area contributed by atoms with Gasteiger partial charge in [0.25, 0.3) is 5.91 Å². The summed E-state index contributed by atoms with van der Waals surface area (Å²) in [6.45, 7) is 4.06. The Morgan fingerprint density at radius 3 is 2.03 bits per heavy atom. The average molecular weight is 534 g/mol. The maximum Gasteiger partial charge on any atom is 0.338 e. The van der Waals surface area contributed by atoms with Crippen molar-refractivity contribution in [1.29, 1.82) is 0 Å². The van der Waals surface area contributed by atoms with Gasteiger partial charge in [-0.3, -0.25) is 4.79 Å². The van der Waals surface area contributed by atoms with Gasteiger partial charge in [0.2, 0.25) is 0 Å². The van der Waals surface area contributed by atoms with E-state index in [0.717, 1.165) is 0 Å². The molecule has 0 aliphatic rings. The molecule has 0 heterocycles. The van der Waals surface area contributed by atoms with E-state index in [1.165, 1.54) is 53.7 Å². The molecule has 2 aromatic rings. The lowest BCUT2D eigenvalue weighted by Crippen LogP contribution is -2.45. The predicted molar refractivity (Wildman–Crippen MR) is 137 cm³/mol. The van der Waals surface area contributed by atoms with E-state index in [-0.39, 0.29) is 41.8 Å². The second kappa shape index (κ2) is 14.7. The second-order valence-corrected chi connectivity index (χ2v) is 8.50. The van der Waals surface area contributed by atoms with Crippen molar-refractivity contribution in [2.75, 3.05) is 48.8 Å². The SMILES string of the molecule is COC(=O)[C@H](COCC(C)C)NC(=O)c1cc(COC(=O)c2ccc(OC)c(OC)c2)c(OC)c(OC)c1. The zero-order valence-electron chi connectivity index (χ0n) is 22.7. The average Bonchev–Trinajstić information content (AvgIpc) is 2.93. The summed E-state index contributed by atoms with van der Waals surface area (Å²) in [5, 5.41) is 2.62. The Balaban J connectivity index is 2.26. The Labute approximate surface area is 222 Å². The second-order valence-electron chi connectivity index (χ2n) is 8.50. The molecular weight excluding hydrogens is 498 g/mol. The summed E-state index contributed by atoms with van der Waals surface area (Å²) in [4.78, 5) is 38.0. The Kier molecular flexibility index (Phi) is 11.7. The van der Waals surface area contributed by atoms with E-state index in [9.17, 15) is 14.4 Å². The summed E-state index contributed by atoms with van der Waals surface area (Å²) in [5.41, 5.74) is 0.763. The molecule has 0 saturated carbocycles. The van der Waals surface area contributed by atoms with E-state index in [1.807, 2.05) is 13.8 Å². The van der Waals surface area contributed by atoms with Crippen molar-refractivity contribution in [3.8, 4) is 23.0 Å². The molecule has 208 valence electrons. The number of nitrogens with one attached hydrogen (secondary N) is 1. The molecule has 11 heteroatoms. The van der Waals surface area contributed by atoms with Gasteiger partial charge in [-0.2, -0.15) is 0 Å². The van der Waals surface area contributed by atoms with Crippen molar-refractivity contribution >= 4 is 17.8 Å². The van der Waals surface area contributed by atoms with Crippen LogP contribution in [0.1, 0.15) is 40.1 Å². The summed E-state index contributed by atoms with van der Waals surface area (Å²) in [6, 6.07) is 6.55. The molecule has 1 N–H and O–H groups in total. The third kappa shape index (κ3) is 8.01. The van der Waals surface area contributed by atoms with E-state index < -0.39 is 23.9 Å². The van der Waals surface area contributed by atoms with Gasteiger partial charge in [-0.25, -0.2) is 9.59 Å². The summed E-state index contributed by atoms with van der Waals surface area (Å²) < 4.78 is 37.1. The van der Waals surface area contributed by atoms with Gasteiger partial charge in [-0.15, -0.1) is 0 Å². The maximum absolute atomic E-state index is 13.1. The van der Waals surface area contributed by atoms with Gasteiger partial charge in [0.15, 0.2) is 29.0 Å². The molecule has 0 saturated heterocycles. The zero-order chi connectivity index (χ0) is 28.2. The summed E-state index contributed by atoms with van der Waals surface area (Å²) in [5.74, 6) is -0.244. The van der Waals surface area contributed by atoms with E-state index in [2.05, 4.69) is 5.32 Å². The molecule has 0 bridgehead atoms. The third-order valence-electron chi connectivity index (χ3n) is 5.32. The first-order chi connectivity index (χ1) is 18.2. The maximum atomic E-state index is 13.1. The molecule has 11 nitrogen and oxygen atoms in total. The molecule has 1 atom stereocenters. The van der Waals surface area contributed by atoms with Gasteiger partial charge in [-0.1, -0.05) is 13.8 Å². The van der Waals surface area contributed by atoms with Gasteiger partial charge in [0, 0.05) is 17.7 Å².